The largest absolute Gasteiger partial charge is 0.503 e. The molecule has 7 nitrogen and oxygen atoms in total. The normalized spacial score (nSPS) is 16.6. The minimum absolute atomic E-state index is 0.0162. The number of ketones is 1. The van der Waals surface area contributed by atoms with Crippen LogP contribution < -0.4 is 0 Å². The highest BCUT2D eigenvalue weighted by Gasteiger charge is 2.44. The number of furan rings is 1. The number of carbonyl (C=O) groups is 2. The molecule has 3 heterocycles. The fourth-order valence-electron chi connectivity index (χ4n) is 3.77. The monoisotopic (exact) mass is 454 g/mol. The third-order valence-electron chi connectivity index (χ3n) is 5.21. The van der Waals surface area contributed by atoms with Crippen molar-refractivity contribution in [3.8, 4) is 0 Å². The van der Waals surface area contributed by atoms with Crippen molar-refractivity contribution in [1.29, 1.82) is 0 Å². The second-order valence-electron chi connectivity index (χ2n) is 7.81. The Labute approximate surface area is 190 Å². The highest BCUT2D eigenvalue weighted by atomic mass is 35.5. The van der Waals surface area contributed by atoms with Crippen LogP contribution in [0.5, 0.6) is 0 Å². The lowest BCUT2D eigenvalue weighted by Gasteiger charge is -2.26. The van der Waals surface area contributed by atoms with Gasteiger partial charge in [-0.15, -0.1) is 0 Å². The number of hydrogen-bond acceptors (Lipinski definition) is 6. The van der Waals surface area contributed by atoms with Gasteiger partial charge in [0.25, 0.3) is 5.91 Å². The number of hydrogen-bond donors (Lipinski definition) is 1. The van der Waals surface area contributed by atoms with Crippen LogP contribution in [0.2, 0.25) is 5.02 Å². The van der Waals surface area contributed by atoms with Gasteiger partial charge >= 0.3 is 0 Å². The summed E-state index contributed by atoms with van der Waals surface area (Å²) in [6.07, 6.45) is 2.20. The minimum atomic E-state index is -0.827. The number of carbonyl (C=O) groups excluding carboxylic acids is 2. The highest BCUT2D eigenvalue weighted by Crippen LogP contribution is 2.39. The molecule has 0 bridgehead atoms. The van der Waals surface area contributed by atoms with Gasteiger partial charge in [-0.25, -0.2) is 0 Å². The van der Waals surface area contributed by atoms with E-state index < -0.39 is 23.5 Å². The molecule has 1 N–H and O–H groups in total. The maximum Gasteiger partial charge on any atom is 0.290 e. The van der Waals surface area contributed by atoms with E-state index in [2.05, 4.69) is 4.98 Å². The number of Topliss-reactive ketones (excluding diaryl/α,β-unsaturated/α-hetero) is 1. The Kier molecular flexibility index (Phi) is 6.30. The SMILES string of the molecule is CC(C)OCCCN1C(=O)C(O)=C(C(=O)c2cc3cc(Cl)ccc3o2)C1c1ccccn1. The molecular weight excluding hydrogens is 432 g/mol. The van der Waals surface area contributed by atoms with E-state index in [1.807, 2.05) is 13.8 Å². The number of nitrogens with zero attached hydrogens (tertiary/aromatic N) is 2. The van der Waals surface area contributed by atoms with Crippen LogP contribution in [0.25, 0.3) is 11.0 Å². The van der Waals surface area contributed by atoms with Gasteiger partial charge in [-0.05, 0) is 56.7 Å². The lowest BCUT2D eigenvalue weighted by Crippen LogP contribution is -2.33. The summed E-state index contributed by atoms with van der Waals surface area (Å²) < 4.78 is 11.3. The van der Waals surface area contributed by atoms with E-state index >= 15 is 0 Å². The molecule has 1 aliphatic rings. The van der Waals surface area contributed by atoms with Gasteiger partial charge in [0.1, 0.15) is 11.6 Å². The van der Waals surface area contributed by atoms with Gasteiger partial charge in [-0.2, -0.15) is 0 Å². The molecule has 1 aliphatic heterocycles. The predicted octanol–water partition coefficient (Wildman–Crippen LogP) is 4.87. The summed E-state index contributed by atoms with van der Waals surface area (Å²) in [7, 11) is 0. The smallest absolute Gasteiger partial charge is 0.290 e. The van der Waals surface area contributed by atoms with Gasteiger partial charge in [0.2, 0.25) is 5.78 Å². The third-order valence-corrected chi connectivity index (χ3v) is 5.45. The predicted molar refractivity (Wildman–Crippen MR) is 120 cm³/mol. The van der Waals surface area contributed by atoms with Crippen molar-refractivity contribution in [3.05, 3.63) is 76.5 Å². The first-order valence-corrected chi connectivity index (χ1v) is 10.7. The van der Waals surface area contributed by atoms with Crippen LogP contribution in [-0.4, -0.2) is 45.9 Å². The molecule has 32 heavy (non-hydrogen) atoms. The molecule has 1 amide bonds. The topological polar surface area (TPSA) is 92.9 Å². The average Bonchev–Trinajstić information content (AvgIpc) is 3.30. The molecule has 0 saturated carbocycles. The summed E-state index contributed by atoms with van der Waals surface area (Å²) in [6, 6.07) is 11.0. The Morgan fingerprint density at radius 2 is 2.09 bits per heavy atom. The Balaban J connectivity index is 1.69. The van der Waals surface area contributed by atoms with Crippen molar-refractivity contribution in [2.75, 3.05) is 13.2 Å². The summed E-state index contributed by atoms with van der Waals surface area (Å²) in [5.74, 6) is -1.76. The van der Waals surface area contributed by atoms with Crippen LogP contribution in [0.4, 0.5) is 0 Å². The molecule has 0 fully saturated rings. The second kappa shape index (κ2) is 9.14. The first-order valence-electron chi connectivity index (χ1n) is 10.4. The molecule has 4 rings (SSSR count). The number of aromatic nitrogens is 1. The summed E-state index contributed by atoms with van der Waals surface area (Å²) in [6.45, 7) is 4.61. The molecular formula is C24H23ClN2O5. The minimum Gasteiger partial charge on any atom is -0.503 e. The second-order valence-corrected chi connectivity index (χ2v) is 8.25. The van der Waals surface area contributed by atoms with E-state index in [9.17, 15) is 14.7 Å². The summed E-state index contributed by atoms with van der Waals surface area (Å²) >= 11 is 6.03. The van der Waals surface area contributed by atoms with Gasteiger partial charge in [0.15, 0.2) is 11.5 Å². The molecule has 0 aliphatic carbocycles. The number of aliphatic hydroxyl groups excluding tert-OH is 1. The molecule has 8 heteroatoms. The molecule has 1 atom stereocenters. The number of benzene rings is 1. The molecule has 3 aromatic rings. The molecule has 1 unspecified atom stereocenters. The van der Waals surface area contributed by atoms with Crippen molar-refractivity contribution in [2.45, 2.75) is 32.4 Å². The molecule has 2 aromatic heterocycles. The summed E-state index contributed by atoms with van der Waals surface area (Å²) in [5.41, 5.74) is 0.917. The lowest BCUT2D eigenvalue weighted by molar-refractivity contribution is -0.129. The van der Waals surface area contributed by atoms with E-state index in [1.165, 1.54) is 4.90 Å². The van der Waals surface area contributed by atoms with Crippen LogP contribution >= 0.6 is 11.6 Å². The number of rotatable bonds is 8. The van der Waals surface area contributed by atoms with E-state index in [0.29, 0.717) is 41.3 Å². The van der Waals surface area contributed by atoms with Gasteiger partial charge in [0.05, 0.1) is 17.4 Å². The zero-order chi connectivity index (χ0) is 22.8. The number of fused-ring (bicyclic) bond motifs is 1. The number of amides is 1. The number of pyridine rings is 1. The molecule has 0 radical (unpaired) electrons. The fraction of sp³-hybridized carbons (Fsp3) is 0.292. The standard InChI is InChI=1S/C24H23ClN2O5/c1-14(2)31-11-5-10-27-21(17-6-3-4-9-26-17)20(23(29)24(27)30)22(28)19-13-15-12-16(25)7-8-18(15)32-19/h3-4,6-9,12-14,21,29H,5,10-11H2,1-2H3. The average molecular weight is 455 g/mol. The van der Waals surface area contributed by atoms with Crippen LogP contribution in [0, 0.1) is 0 Å². The number of halogens is 1. The van der Waals surface area contributed by atoms with Crippen molar-refractivity contribution < 1.29 is 23.8 Å². The van der Waals surface area contributed by atoms with E-state index in [4.69, 9.17) is 20.8 Å². The Morgan fingerprint density at radius 3 is 2.81 bits per heavy atom. The zero-order valence-electron chi connectivity index (χ0n) is 17.7. The number of ether oxygens (including phenoxy) is 1. The fourth-order valence-corrected chi connectivity index (χ4v) is 3.95. The van der Waals surface area contributed by atoms with Crippen LogP contribution in [0.1, 0.15) is 42.6 Å². The van der Waals surface area contributed by atoms with Gasteiger partial charge in [-0.3, -0.25) is 14.6 Å². The van der Waals surface area contributed by atoms with Crippen LogP contribution in [-0.2, 0) is 9.53 Å². The van der Waals surface area contributed by atoms with E-state index in [1.54, 1.807) is 48.7 Å². The van der Waals surface area contributed by atoms with Crippen molar-refractivity contribution in [1.82, 2.24) is 9.88 Å². The third kappa shape index (κ3) is 4.26. The maximum atomic E-state index is 13.4. The molecule has 0 spiro atoms. The van der Waals surface area contributed by atoms with E-state index in [-0.39, 0.29) is 17.4 Å². The van der Waals surface area contributed by atoms with Crippen molar-refractivity contribution in [2.24, 2.45) is 0 Å². The summed E-state index contributed by atoms with van der Waals surface area (Å²) in [5, 5.41) is 11.9. The summed E-state index contributed by atoms with van der Waals surface area (Å²) in [4.78, 5) is 32.2. The quantitative estimate of drug-likeness (QED) is 0.385. The van der Waals surface area contributed by atoms with Crippen LogP contribution in [0.3, 0.4) is 0 Å². The Morgan fingerprint density at radius 1 is 1.28 bits per heavy atom. The van der Waals surface area contributed by atoms with Gasteiger partial charge < -0.3 is 19.2 Å². The Bertz CT molecular complexity index is 1190. The number of aliphatic hydroxyl groups is 1. The maximum absolute atomic E-state index is 13.4. The molecule has 166 valence electrons. The van der Waals surface area contributed by atoms with Gasteiger partial charge in [0, 0.05) is 29.8 Å². The van der Waals surface area contributed by atoms with Crippen molar-refractivity contribution in [3.63, 3.8) is 0 Å². The van der Waals surface area contributed by atoms with Gasteiger partial charge in [-0.1, -0.05) is 17.7 Å². The first-order chi connectivity index (χ1) is 15.4. The first kappa shape index (κ1) is 22.0. The molecule has 1 aromatic carbocycles. The van der Waals surface area contributed by atoms with Crippen molar-refractivity contribution >= 4 is 34.3 Å². The highest BCUT2D eigenvalue weighted by molar-refractivity contribution is 6.31. The van der Waals surface area contributed by atoms with Crippen LogP contribution in [0.15, 0.2) is 64.4 Å². The lowest BCUT2D eigenvalue weighted by atomic mass is 9.98. The molecule has 0 saturated heterocycles. The Hall–Kier alpha value is -3.16. The van der Waals surface area contributed by atoms with E-state index in [0.717, 1.165) is 0 Å². The zero-order valence-corrected chi connectivity index (χ0v) is 18.5.